The number of carbonyl (C=O) groups is 1. The van der Waals surface area contributed by atoms with Crippen LogP contribution in [-0.4, -0.2) is 40.7 Å². The van der Waals surface area contributed by atoms with Gasteiger partial charge in [0, 0.05) is 26.1 Å². The zero-order chi connectivity index (χ0) is 13.0. The lowest BCUT2D eigenvalue weighted by Crippen LogP contribution is -2.44. The number of aryl methyl sites for hydroxylation is 1. The molecule has 6 nitrogen and oxygen atoms in total. The van der Waals surface area contributed by atoms with Crippen molar-refractivity contribution in [3.63, 3.8) is 0 Å². The normalized spacial score (nSPS) is 16.9. The van der Waals surface area contributed by atoms with Crippen LogP contribution in [0.3, 0.4) is 0 Å². The Morgan fingerprint density at radius 3 is 2.83 bits per heavy atom. The van der Waals surface area contributed by atoms with Gasteiger partial charge in [0.2, 0.25) is 5.89 Å². The zero-order valence-corrected chi connectivity index (χ0v) is 11.0. The summed E-state index contributed by atoms with van der Waals surface area (Å²) < 4.78 is 4.98. The molecule has 18 heavy (non-hydrogen) atoms. The molecule has 0 unspecified atom stereocenters. The maximum Gasteiger partial charge on any atom is 0.317 e. The number of urea groups is 1. The summed E-state index contributed by atoms with van der Waals surface area (Å²) in [5, 5.41) is 6.59. The molecule has 0 atom stereocenters. The van der Waals surface area contributed by atoms with Crippen LogP contribution in [0.4, 0.5) is 4.79 Å². The Kier molecular flexibility index (Phi) is 4.17. The quantitative estimate of drug-likeness (QED) is 0.881. The van der Waals surface area contributed by atoms with Gasteiger partial charge < -0.3 is 14.7 Å². The van der Waals surface area contributed by atoms with E-state index in [0.717, 1.165) is 31.8 Å². The Morgan fingerprint density at radius 1 is 1.50 bits per heavy atom. The van der Waals surface area contributed by atoms with E-state index in [1.54, 1.807) is 6.92 Å². The molecule has 0 saturated carbocycles. The molecule has 1 aliphatic heterocycles. The van der Waals surface area contributed by atoms with Gasteiger partial charge in [-0.1, -0.05) is 12.1 Å². The fourth-order valence-electron chi connectivity index (χ4n) is 2.04. The molecule has 0 bridgehead atoms. The van der Waals surface area contributed by atoms with Gasteiger partial charge in [-0.15, -0.1) is 0 Å². The summed E-state index contributed by atoms with van der Waals surface area (Å²) in [7, 11) is 0. The monoisotopic (exact) mass is 252 g/mol. The molecular weight excluding hydrogens is 232 g/mol. The van der Waals surface area contributed by atoms with Gasteiger partial charge in [0.15, 0.2) is 5.82 Å². The van der Waals surface area contributed by atoms with Crippen LogP contribution < -0.4 is 5.32 Å². The van der Waals surface area contributed by atoms with Crippen LogP contribution in [0.1, 0.15) is 31.5 Å². The molecule has 2 amide bonds. The number of nitrogens with zero attached hydrogens (tertiary/aromatic N) is 3. The molecule has 0 aromatic carbocycles. The summed E-state index contributed by atoms with van der Waals surface area (Å²) in [4.78, 5) is 17.8. The molecule has 2 heterocycles. The number of carbonyl (C=O) groups excluding carboxylic acids is 1. The highest BCUT2D eigenvalue weighted by molar-refractivity contribution is 5.74. The molecule has 6 heteroatoms. The smallest absolute Gasteiger partial charge is 0.317 e. The molecular formula is C12H20N4O2. The van der Waals surface area contributed by atoms with Crippen molar-refractivity contribution in [1.82, 2.24) is 20.4 Å². The van der Waals surface area contributed by atoms with Gasteiger partial charge in [-0.05, 0) is 25.7 Å². The average molecular weight is 252 g/mol. The first-order valence-electron chi connectivity index (χ1n) is 6.47. The van der Waals surface area contributed by atoms with Crippen LogP contribution in [0.2, 0.25) is 0 Å². The molecule has 100 valence electrons. The van der Waals surface area contributed by atoms with Gasteiger partial charge in [0.05, 0.1) is 0 Å². The third-order valence-electron chi connectivity index (χ3n) is 3.26. The summed E-state index contributed by atoms with van der Waals surface area (Å²) in [5.41, 5.74) is 0. The highest BCUT2D eigenvalue weighted by Crippen LogP contribution is 2.15. The van der Waals surface area contributed by atoms with Crippen molar-refractivity contribution in [3.8, 4) is 0 Å². The predicted octanol–water partition coefficient (Wildman–Crippen LogP) is 1.36. The van der Waals surface area contributed by atoms with Gasteiger partial charge >= 0.3 is 6.03 Å². The number of rotatable bonds is 3. The molecule has 2 rings (SSSR count). The van der Waals surface area contributed by atoms with E-state index in [2.05, 4.69) is 22.4 Å². The van der Waals surface area contributed by atoms with Gasteiger partial charge in [0.1, 0.15) is 0 Å². The lowest BCUT2D eigenvalue weighted by Gasteiger charge is -2.30. The van der Waals surface area contributed by atoms with Crippen molar-refractivity contribution in [3.05, 3.63) is 11.7 Å². The third kappa shape index (κ3) is 3.45. The molecule has 1 fully saturated rings. The second kappa shape index (κ2) is 5.84. The highest BCUT2D eigenvalue weighted by Gasteiger charge is 2.19. The van der Waals surface area contributed by atoms with E-state index < -0.39 is 0 Å². The molecule has 0 aliphatic carbocycles. The largest absolute Gasteiger partial charge is 0.339 e. The average Bonchev–Trinajstić information content (AvgIpc) is 2.76. The predicted molar refractivity (Wildman–Crippen MR) is 66.1 cm³/mol. The fraction of sp³-hybridized carbons (Fsp3) is 0.750. The molecule has 0 spiro atoms. The second-order valence-electron chi connectivity index (χ2n) is 4.89. The number of amides is 2. The Balaban J connectivity index is 1.68. The molecule has 0 radical (unpaired) electrons. The van der Waals surface area contributed by atoms with E-state index in [4.69, 9.17) is 4.52 Å². The number of piperidine rings is 1. The van der Waals surface area contributed by atoms with E-state index in [-0.39, 0.29) is 6.03 Å². The van der Waals surface area contributed by atoms with E-state index >= 15 is 0 Å². The van der Waals surface area contributed by atoms with Crippen molar-refractivity contribution in [2.24, 2.45) is 5.92 Å². The summed E-state index contributed by atoms with van der Waals surface area (Å²) in [5.74, 6) is 1.93. The number of nitrogens with one attached hydrogen (secondary N) is 1. The van der Waals surface area contributed by atoms with Crippen molar-refractivity contribution >= 4 is 6.03 Å². The number of aromatic nitrogens is 2. The number of hydrogen-bond acceptors (Lipinski definition) is 4. The SMILES string of the molecule is Cc1noc(CCNC(=O)N2CCC(C)CC2)n1. The maximum atomic E-state index is 11.8. The van der Waals surface area contributed by atoms with Crippen LogP contribution in [0.25, 0.3) is 0 Å². The standard InChI is InChI=1S/C12H20N4O2/c1-9-4-7-16(8-5-9)12(17)13-6-3-11-14-10(2)15-18-11/h9H,3-8H2,1-2H3,(H,13,17). The third-order valence-corrected chi connectivity index (χ3v) is 3.26. The number of likely N-dealkylation sites (tertiary alicyclic amines) is 1. The summed E-state index contributed by atoms with van der Waals surface area (Å²) >= 11 is 0. The Bertz CT molecular complexity index is 397. The molecule has 1 saturated heterocycles. The summed E-state index contributed by atoms with van der Waals surface area (Å²) in [6.07, 6.45) is 2.77. The Labute approximate surface area is 107 Å². The van der Waals surface area contributed by atoms with Crippen LogP contribution in [0.15, 0.2) is 4.52 Å². The molecule has 1 aromatic rings. The zero-order valence-electron chi connectivity index (χ0n) is 11.0. The molecule has 1 N–H and O–H groups in total. The van der Waals surface area contributed by atoms with Crippen LogP contribution in [-0.2, 0) is 6.42 Å². The number of hydrogen-bond donors (Lipinski definition) is 1. The van der Waals surface area contributed by atoms with E-state index in [9.17, 15) is 4.79 Å². The van der Waals surface area contributed by atoms with Crippen molar-refractivity contribution < 1.29 is 9.32 Å². The van der Waals surface area contributed by atoms with Gasteiger partial charge in [-0.25, -0.2) is 4.79 Å². The van der Waals surface area contributed by atoms with Gasteiger partial charge in [-0.3, -0.25) is 0 Å². The Hall–Kier alpha value is -1.59. The van der Waals surface area contributed by atoms with Crippen LogP contribution in [0.5, 0.6) is 0 Å². The second-order valence-corrected chi connectivity index (χ2v) is 4.89. The Morgan fingerprint density at radius 2 is 2.22 bits per heavy atom. The topological polar surface area (TPSA) is 71.3 Å². The summed E-state index contributed by atoms with van der Waals surface area (Å²) in [6, 6.07) is 0.0122. The van der Waals surface area contributed by atoms with Gasteiger partial charge in [0.25, 0.3) is 0 Å². The maximum absolute atomic E-state index is 11.8. The summed E-state index contributed by atoms with van der Waals surface area (Å²) in [6.45, 7) is 6.25. The van der Waals surface area contributed by atoms with Crippen LogP contribution >= 0.6 is 0 Å². The van der Waals surface area contributed by atoms with E-state index in [1.807, 2.05) is 4.90 Å². The highest BCUT2D eigenvalue weighted by atomic mass is 16.5. The minimum absolute atomic E-state index is 0.0122. The minimum atomic E-state index is 0.0122. The molecule has 1 aliphatic rings. The minimum Gasteiger partial charge on any atom is -0.339 e. The lowest BCUT2D eigenvalue weighted by atomic mass is 10.00. The van der Waals surface area contributed by atoms with Gasteiger partial charge in [-0.2, -0.15) is 4.98 Å². The van der Waals surface area contributed by atoms with E-state index in [0.29, 0.717) is 24.7 Å². The van der Waals surface area contributed by atoms with Crippen molar-refractivity contribution in [2.75, 3.05) is 19.6 Å². The first-order valence-corrected chi connectivity index (χ1v) is 6.47. The fourth-order valence-corrected chi connectivity index (χ4v) is 2.04. The van der Waals surface area contributed by atoms with Crippen molar-refractivity contribution in [2.45, 2.75) is 33.1 Å². The first-order chi connectivity index (χ1) is 8.65. The first kappa shape index (κ1) is 12.9. The van der Waals surface area contributed by atoms with Crippen LogP contribution in [0, 0.1) is 12.8 Å². The molecule has 1 aromatic heterocycles. The lowest BCUT2D eigenvalue weighted by molar-refractivity contribution is 0.174. The van der Waals surface area contributed by atoms with Crippen molar-refractivity contribution in [1.29, 1.82) is 0 Å². The van der Waals surface area contributed by atoms with E-state index in [1.165, 1.54) is 0 Å².